The Morgan fingerprint density at radius 1 is 1.12 bits per heavy atom. The Labute approximate surface area is 198 Å². The molecule has 1 heterocycles. The number of rotatable bonds is 12. The highest BCUT2D eigenvalue weighted by molar-refractivity contribution is 7.99. The van der Waals surface area contributed by atoms with Gasteiger partial charge in [0.05, 0.1) is 17.3 Å². The Morgan fingerprint density at radius 3 is 2.66 bits per heavy atom. The monoisotopic (exact) mass is 475 g/mol. The van der Waals surface area contributed by atoms with Crippen molar-refractivity contribution in [3.63, 3.8) is 0 Å². The fourth-order valence-electron chi connectivity index (χ4n) is 3.42. The van der Waals surface area contributed by atoms with Gasteiger partial charge < -0.3 is 14.0 Å². The van der Waals surface area contributed by atoms with Crippen LogP contribution in [0, 0.1) is 0 Å². The molecule has 2 aromatic carbocycles. The zero-order chi connectivity index (χ0) is 22.9. The highest BCUT2D eigenvalue weighted by Gasteiger charge is 2.16. The molecule has 0 bridgehead atoms. The molecule has 0 aliphatic carbocycles. The first kappa shape index (κ1) is 24.5. The van der Waals surface area contributed by atoms with Crippen LogP contribution in [0.3, 0.4) is 0 Å². The predicted molar refractivity (Wildman–Crippen MR) is 130 cm³/mol. The first-order valence-corrected chi connectivity index (χ1v) is 12.6. The van der Waals surface area contributed by atoms with Gasteiger partial charge in [-0.2, -0.15) is 0 Å². The van der Waals surface area contributed by atoms with Gasteiger partial charge in [-0.25, -0.2) is 0 Å². The molecule has 0 aliphatic rings. The van der Waals surface area contributed by atoms with Crippen LogP contribution in [0.5, 0.6) is 11.5 Å². The van der Waals surface area contributed by atoms with Gasteiger partial charge >= 0.3 is 5.97 Å². The molecule has 0 saturated carbocycles. The Balaban J connectivity index is 1.55. The normalized spacial score (nSPS) is 11.1. The molecule has 3 rings (SSSR count). The van der Waals surface area contributed by atoms with Gasteiger partial charge in [0.25, 0.3) is 0 Å². The van der Waals surface area contributed by atoms with E-state index in [1.165, 1.54) is 0 Å². The van der Waals surface area contributed by atoms with E-state index in [0.29, 0.717) is 23.8 Å². The van der Waals surface area contributed by atoms with E-state index >= 15 is 0 Å². The Morgan fingerprint density at radius 2 is 1.94 bits per heavy atom. The second-order valence-corrected chi connectivity index (χ2v) is 9.06. The van der Waals surface area contributed by atoms with E-state index in [1.807, 2.05) is 12.1 Å². The van der Waals surface area contributed by atoms with Gasteiger partial charge in [-0.1, -0.05) is 50.4 Å². The number of hydrogen-bond acceptors (Lipinski definition) is 6. The molecule has 5 nitrogen and oxygen atoms in total. The van der Waals surface area contributed by atoms with E-state index in [2.05, 4.69) is 25.1 Å². The number of nitrogens with zero attached hydrogens (tertiary/aromatic N) is 1. The number of ether oxygens (including phenoxy) is 2. The summed E-state index contributed by atoms with van der Waals surface area (Å²) in [5.41, 5.74) is 2.99. The Hall–Kier alpha value is -2.18. The lowest BCUT2D eigenvalue weighted by Gasteiger charge is -2.12. The van der Waals surface area contributed by atoms with Crippen LogP contribution in [0.25, 0.3) is 11.0 Å². The molecule has 0 radical (unpaired) electrons. The molecule has 1 aromatic heterocycles. The van der Waals surface area contributed by atoms with E-state index in [9.17, 15) is 4.79 Å². The SMILES string of the molecule is CCCc1noc2c(CCC)c(OCCCSc3ccc(OC(=O)CC)cc3Cl)ccc12. The quantitative estimate of drug-likeness (QED) is 0.119. The maximum atomic E-state index is 11.4. The first-order valence-electron chi connectivity index (χ1n) is 11.2. The van der Waals surface area contributed by atoms with Crippen LogP contribution in [-0.2, 0) is 17.6 Å². The third-order valence-corrected chi connectivity index (χ3v) is 6.57. The minimum Gasteiger partial charge on any atom is -0.493 e. The molecule has 0 amide bonds. The van der Waals surface area contributed by atoms with Gasteiger partial charge in [-0.3, -0.25) is 4.79 Å². The fraction of sp³-hybridized carbons (Fsp3) is 0.440. The van der Waals surface area contributed by atoms with E-state index in [1.54, 1.807) is 30.8 Å². The Kier molecular flexibility index (Phi) is 9.30. The van der Waals surface area contributed by atoms with Crippen LogP contribution in [0.2, 0.25) is 5.02 Å². The molecule has 0 N–H and O–H groups in total. The molecule has 3 aromatic rings. The molecule has 32 heavy (non-hydrogen) atoms. The lowest BCUT2D eigenvalue weighted by Crippen LogP contribution is -2.05. The van der Waals surface area contributed by atoms with E-state index in [-0.39, 0.29) is 5.97 Å². The number of esters is 1. The van der Waals surface area contributed by atoms with Gasteiger partial charge in [-0.05, 0) is 43.5 Å². The topological polar surface area (TPSA) is 61.6 Å². The van der Waals surface area contributed by atoms with Gasteiger partial charge in [0.2, 0.25) is 0 Å². The van der Waals surface area contributed by atoms with Crippen molar-refractivity contribution in [1.29, 1.82) is 0 Å². The highest BCUT2D eigenvalue weighted by Crippen LogP contribution is 2.33. The number of fused-ring (bicyclic) bond motifs is 1. The fourth-order valence-corrected chi connectivity index (χ4v) is 4.60. The van der Waals surface area contributed by atoms with Crippen LogP contribution in [0.1, 0.15) is 57.7 Å². The summed E-state index contributed by atoms with van der Waals surface area (Å²) in [5, 5.41) is 5.96. The number of halogens is 1. The number of carbonyl (C=O) groups excluding carboxylic acids is 1. The third kappa shape index (κ3) is 6.20. The van der Waals surface area contributed by atoms with Crippen LogP contribution in [0.4, 0.5) is 0 Å². The molecule has 0 spiro atoms. The van der Waals surface area contributed by atoms with E-state index in [0.717, 1.165) is 70.7 Å². The average molecular weight is 476 g/mol. The van der Waals surface area contributed by atoms with E-state index < -0.39 is 0 Å². The van der Waals surface area contributed by atoms with Crippen LogP contribution in [0.15, 0.2) is 39.8 Å². The molecule has 0 saturated heterocycles. The smallest absolute Gasteiger partial charge is 0.310 e. The van der Waals surface area contributed by atoms with Gasteiger partial charge in [0.1, 0.15) is 11.5 Å². The summed E-state index contributed by atoms with van der Waals surface area (Å²) in [4.78, 5) is 12.4. The molecular weight excluding hydrogens is 446 g/mol. The van der Waals surface area contributed by atoms with Crippen LogP contribution in [-0.4, -0.2) is 23.5 Å². The molecule has 0 aliphatic heterocycles. The lowest BCUT2D eigenvalue weighted by atomic mass is 10.0. The van der Waals surface area contributed by atoms with E-state index in [4.69, 9.17) is 25.6 Å². The lowest BCUT2D eigenvalue weighted by molar-refractivity contribution is -0.134. The third-order valence-electron chi connectivity index (χ3n) is 4.99. The minimum atomic E-state index is -0.272. The Bertz CT molecular complexity index is 1050. The van der Waals surface area contributed by atoms with Crippen molar-refractivity contribution in [2.45, 2.75) is 64.2 Å². The summed E-state index contributed by atoms with van der Waals surface area (Å²) in [6.07, 6.45) is 5.06. The summed E-state index contributed by atoms with van der Waals surface area (Å²) in [6, 6.07) is 9.45. The van der Waals surface area contributed by atoms with Gasteiger partial charge in [-0.15, -0.1) is 11.8 Å². The molecule has 7 heteroatoms. The second kappa shape index (κ2) is 12.2. The highest BCUT2D eigenvalue weighted by atomic mass is 35.5. The summed E-state index contributed by atoms with van der Waals surface area (Å²) in [7, 11) is 0. The number of hydrogen-bond donors (Lipinski definition) is 0. The zero-order valence-corrected chi connectivity index (χ0v) is 20.5. The second-order valence-electron chi connectivity index (χ2n) is 7.52. The molecular formula is C25H30ClNO4S. The maximum Gasteiger partial charge on any atom is 0.310 e. The van der Waals surface area contributed by atoms with Crippen molar-refractivity contribution in [3.05, 3.63) is 46.6 Å². The van der Waals surface area contributed by atoms with Crippen LogP contribution < -0.4 is 9.47 Å². The number of benzene rings is 2. The molecule has 172 valence electrons. The van der Waals surface area contributed by atoms with Crippen LogP contribution >= 0.6 is 23.4 Å². The first-order chi connectivity index (χ1) is 15.6. The number of carbonyl (C=O) groups is 1. The summed E-state index contributed by atoms with van der Waals surface area (Å²) in [6.45, 7) is 6.66. The van der Waals surface area contributed by atoms with Crippen molar-refractivity contribution in [1.82, 2.24) is 5.16 Å². The maximum absolute atomic E-state index is 11.4. The van der Waals surface area contributed by atoms with Crippen molar-refractivity contribution in [3.8, 4) is 11.5 Å². The summed E-state index contributed by atoms with van der Waals surface area (Å²) in [5.74, 6) is 1.94. The van der Waals surface area contributed by atoms with Crippen molar-refractivity contribution in [2.24, 2.45) is 0 Å². The van der Waals surface area contributed by atoms with Crippen molar-refractivity contribution < 1.29 is 18.8 Å². The standard InChI is InChI=1S/C25H30ClNO4S/c1-4-8-19-22(12-11-18-21(9-5-2)27-31-25(18)19)29-14-7-15-32-23-13-10-17(16-20(23)26)30-24(28)6-3/h10-13,16H,4-9,14-15H2,1-3H3. The predicted octanol–water partition coefficient (Wildman–Crippen LogP) is 7.26. The molecule has 0 unspecified atom stereocenters. The van der Waals surface area contributed by atoms with Gasteiger partial charge in [0.15, 0.2) is 5.58 Å². The number of thioether (sulfide) groups is 1. The zero-order valence-electron chi connectivity index (χ0n) is 18.9. The van der Waals surface area contributed by atoms with Crippen molar-refractivity contribution >= 4 is 40.3 Å². The van der Waals surface area contributed by atoms with Crippen molar-refractivity contribution in [2.75, 3.05) is 12.4 Å². The number of aromatic nitrogens is 1. The largest absolute Gasteiger partial charge is 0.493 e. The number of aryl methyl sites for hydroxylation is 2. The average Bonchev–Trinajstić information content (AvgIpc) is 3.19. The summed E-state index contributed by atoms with van der Waals surface area (Å²) < 4.78 is 17.0. The molecule has 0 fully saturated rings. The molecule has 0 atom stereocenters. The minimum absolute atomic E-state index is 0.272. The summed E-state index contributed by atoms with van der Waals surface area (Å²) >= 11 is 8.00. The van der Waals surface area contributed by atoms with Gasteiger partial charge in [0, 0.05) is 34.1 Å².